The highest BCUT2D eigenvalue weighted by Crippen LogP contribution is 2.23. The van der Waals surface area contributed by atoms with Crippen LogP contribution in [0.25, 0.3) is 0 Å². The summed E-state index contributed by atoms with van der Waals surface area (Å²) in [6.45, 7) is 2.13. The Hall–Kier alpha value is -1.61. The molecule has 3 nitrogen and oxygen atoms in total. The van der Waals surface area contributed by atoms with Gasteiger partial charge in [0, 0.05) is 6.20 Å². The number of furan rings is 1. The molecule has 0 aliphatic rings. The summed E-state index contributed by atoms with van der Waals surface area (Å²) in [6, 6.07) is 7.97. The largest absolute Gasteiger partial charge is 0.467 e. The second kappa shape index (κ2) is 4.94. The topological polar surface area (TPSA) is 38.1 Å². The van der Waals surface area contributed by atoms with Crippen molar-refractivity contribution in [2.45, 2.75) is 19.4 Å². The van der Waals surface area contributed by atoms with Gasteiger partial charge >= 0.3 is 0 Å². The van der Waals surface area contributed by atoms with Crippen LogP contribution in [0.5, 0.6) is 0 Å². The molecule has 0 aromatic carbocycles. The first-order valence-electron chi connectivity index (χ1n) is 5.51. The standard InChI is InChI=1S/C13H16N2O/c1-3-10-6-4-8-15-12(10)13(14-2)11-7-5-9-16-11/h4-9,13-14H,3H2,1-2H3. The Morgan fingerprint density at radius 1 is 1.38 bits per heavy atom. The molecule has 16 heavy (non-hydrogen) atoms. The molecule has 2 rings (SSSR count). The lowest BCUT2D eigenvalue weighted by Gasteiger charge is -2.16. The van der Waals surface area contributed by atoms with Gasteiger partial charge in [-0.25, -0.2) is 0 Å². The van der Waals surface area contributed by atoms with Crippen molar-refractivity contribution in [3.8, 4) is 0 Å². The van der Waals surface area contributed by atoms with E-state index in [1.165, 1.54) is 5.56 Å². The molecular formula is C13H16N2O. The van der Waals surface area contributed by atoms with E-state index in [1.54, 1.807) is 6.26 Å². The highest BCUT2D eigenvalue weighted by Gasteiger charge is 2.18. The van der Waals surface area contributed by atoms with Crippen molar-refractivity contribution in [1.29, 1.82) is 0 Å². The van der Waals surface area contributed by atoms with Crippen molar-refractivity contribution in [2.24, 2.45) is 0 Å². The molecule has 1 unspecified atom stereocenters. The average molecular weight is 216 g/mol. The van der Waals surface area contributed by atoms with E-state index < -0.39 is 0 Å². The molecule has 0 saturated carbocycles. The van der Waals surface area contributed by atoms with Gasteiger partial charge in [0.05, 0.1) is 12.0 Å². The lowest BCUT2D eigenvalue weighted by Crippen LogP contribution is -2.19. The van der Waals surface area contributed by atoms with Gasteiger partial charge < -0.3 is 9.73 Å². The summed E-state index contributed by atoms with van der Waals surface area (Å²) in [5.74, 6) is 0.899. The van der Waals surface area contributed by atoms with Crippen molar-refractivity contribution < 1.29 is 4.42 Å². The van der Waals surface area contributed by atoms with Gasteiger partial charge in [0.2, 0.25) is 0 Å². The van der Waals surface area contributed by atoms with E-state index in [1.807, 2.05) is 31.4 Å². The number of nitrogens with one attached hydrogen (secondary N) is 1. The fraction of sp³-hybridized carbons (Fsp3) is 0.308. The first kappa shape index (κ1) is 10.9. The number of nitrogens with zero attached hydrogens (tertiary/aromatic N) is 1. The molecule has 0 bridgehead atoms. The highest BCUT2D eigenvalue weighted by molar-refractivity contribution is 5.28. The third-order valence-electron chi connectivity index (χ3n) is 2.70. The molecule has 1 N–H and O–H groups in total. The number of pyridine rings is 1. The van der Waals surface area contributed by atoms with Gasteiger partial charge in [0.25, 0.3) is 0 Å². The van der Waals surface area contributed by atoms with Crippen molar-refractivity contribution in [3.05, 3.63) is 53.7 Å². The Morgan fingerprint density at radius 2 is 2.25 bits per heavy atom. The van der Waals surface area contributed by atoms with Crippen LogP contribution in [0.1, 0.15) is 30.0 Å². The van der Waals surface area contributed by atoms with Crippen LogP contribution in [0.2, 0.25) is 0 Å². The molecule has 0 aliphatic heterocycles. The van der Waals surface area contributed by atoms with E-state index in [0.717, 1.165) is 17.9 Å². The fourth-order valence-corrected chi connectivity index (χ4v) is 1.88. The van der Waals surface area contributed by atoms with Crippen molar-refractivity contribution in [2.75, 3.05) is 7.05 Å². The van der Waals surface area contributed by atoms with E-state index in [-0.39, 0.29) is 6.04 Å². The molecule has 2 aromatic heterocycles. The Kier molecular flexibility index (Phi) is 3.37. The first-order chi connectivity index (χ1) is 7.86. The Bertz CT molecular complexity index is 437. The van der Waals surface area contributed by atoms with E-state index in [4.69, 9.17) is 4.42 Å². The molecule has 2 heterocycles. The molecule has 0 aliphatic carbocycles. The van der Waals surface area contributed by atoms with Crippen LogP contribution in [0, 0.1) is 0 Å². The predicted octanol–water partition coefficient (Wildman–Crippen LogP) is 2.55. The summed E-state index contributed by atoms with van der Waals surface area (Å²) in [4.78, 5) is 4.45. The van der Waals surface area contributed by atoms with Gasteiger partial charge in [-0.1, -0.05) is 13.0 Å². The van der Waals surface area contributed by atoms with Crippen molar-refractivity contribution in [1.82, 2.24) is 10.3 Å². The number of aromatic nitrogens is 1. The Labute approximate surface area is 95.5 Å². The van der Waals surface area contributed by atoms with Crippen LogP contribution >= 0.6 is 0 Å². The molecule has 0 amide bonds. The van der Waals surface area contributed by atoms with Crippen LogP contribution in [0.15, 0.2) is 41.1 Å². The average Bonchev–Trinajstić information content (AvgIpc) is 2.84. The Morgan fingerprint density at radius 3 is 2.88 bits per heavy atom. The lowest BCUT2D eigenvalue weighted by molar-refractivity contribution is 0.457. The lowest BCUT2D eigenvalue weighted by atomic mass is 10.0. The number of aryl methyl sites for hydroxylation is 1. The molecule has 0 saturated heterocycles. The second-order valence-electron chi connectivity index (χ2n) is 3.64. The maximum absolute atomic E-state index is 5.44. The normalized spacial score (nSPS) is 12.6. The van der Waals surface area contributed by atoms with E-state index in [0.29, 0.717) is 0 Å². The zero-order chi connectivity index (χ0) is 11.4. The van der Waals surface area contributed by atoms with Gasteiger partial charge in [-0.15, -0.1) is 0 Å². The summed E-state index contributed by atoms with van der Waals surface area (Å²) < 4.78 is 5.44. The molecule has 0 radical (unpaired) electrons. The van der Waals surface area contributed by atoms with Crippen molar-refractivity contribution in [3.63, 3.8) is 0 Å². The van der Waals surface area contributed by atoms with Gasteiger partial charge in [-0.05, 0) is 37.2 Å². The van der Waals surface area contributed by atoms with Crippen LogP contribution in [0.3, 0.4) is 0 Å². The Balaban J connectivity index is 2.41. The molecule has 3 heteroatoms. The maximum atomic E-state index is 5.44. The van der Waals surface area contributed by atoms with Crippen molar-refractivity contribution >= 4 is 0 Å². The fourth-order valence-electron chi connectivity index (χ4n) is 1.88. The summed E-state index contributed by atoms with van der Waals surface area (Å²) >= 11 is 0. The monoisotopic (exact) mass is 216 g/mol. The summed E-state index contributed by atoms with van der Waals surface area (Å²) in [7, 11) is 1.92. The van der Waals surface area contributed by atoms with Gasteiger partial charge in [-0.3, -0.25) is 4.98 Å². The third-order valence-corrected chi connectivity index (χ3v) is 2.70. The van der Waals surface area contributed by atoms with E-state index in [9.17, 15) is 0 Å². The molecule has 0 spiro atoms. The summed E-state index contributed by atoms with van der Waals surface area (Å²) in [5, 5.41) is 3.24. The minimum absolute atomic E-state index is 0.0335. The predicted molar refractivity (Wildman–Crippen MR) is 63.2 cm³/mol. The van der Waals surface area contributed by atoms with E-state index >= 15 is 0 Å². The number of rotatable bonds is 4. The quantitative estimate of drug-likeness (QED) is 0.853. The minimum Gasteiger partial charge on any atom is -0.467 e. The number of hydrogen-bond acceptors (Lipinski definition) is 3. The van der Waals surface area contributed by atoms with E-state index in [2.05, 4.69) is 23.3 Å². The van der Waals surface area contributed by atoms with Gasteiger partial charge in [-0.2, -0.15) is 0 Å². The molecule has 1 atom stereocenters. The zero-order valence-corrected chi connectivity index (χ0v) is 9.60. The van der Waals surface area contributed by atoms with Gasteiger partial charge in [0.15, 0.2) is 0 Å². The highest BCUT2D eigenvalue weighted by atomic mass is 16.3. The van der Waals surface area contributed by atoms with Crippen LogP contribution in [-0.4, -0.2) is 12.0 Å². The van der Waals surface area contributed by atoms with Crippen LogP contribution in [0.4, 0.5) is 0 Å². The molecular weight excluding hydrogens is 200 g/mol. The molecule has 2 aromatic rings. The first-order valence-corrected chi connectivity index (χ1v) is 5.51. The van der Waals surface area contributed by atoms with Crippen LogP contribution < -0.4 is 5.32 Å². The summed E-state index contributed by atoms with van der Waals surface area (Å²) in [5.41, 5.74) is 2.29. The summed E-state index contributed by atoms with van der Waals surface area (Å²) in [6.07, 6.45) is 4.48. The molecule has 0 fully saturated rings. The SMILES string of the molecule is CCc1cccnc1C(NC)c1ccco1. The maximum Gasteiger partial charge on any atom is 0.126 e. The minimum atomic E-state index is 0.0335. The van der Waals surface area contributed by atoms with Gasteiger partial charge in [0.1, 0.15) is 11.8 Å². The third kappa shape index (κ3) is 1.99. The van der Waals surface area contributed by atoms with Crippen LogP contribution in [-0.2, 0) is 6.42 Å². The molecule has 84 valence electrons. The zero-order valence-electron chi connectivity index (χ0n) is 9.60. The second-order valence-corrected chi connectivity index (χ2v) is 3.64. The number of hydrogen-bond donors (Lipinski definition) is 1. The smallest absolute Gasteiger partial charge is 0.126 e.